The molecular formula is C23H20F3N3O4S. The number of carbonyl (C=O) groups excluding carboxylic acids is 1. The lowest BCUT2D eigenvalue weighted by Gasteiger charge is -2.24. The van der Waals surface area contributed by atoms with Crippen LogP contribution in [0.1, 0.15) is 18.1 Å². The second-order valence-electron chi connectivity index (χ2n) is 7.12. The average molecular weight is 491 g/mol. The van der Waals surface area contributed by atoms with Gasteiger partial charge < -0.3 is 5.11 Å². The number of hydrazone groups is 1. The van der Waals surface area contributed by atoms with Crippen LogP contribution < -0.4 is 9.73 Å². The predicted octanol–water partition coefficient (Wildman–Crippen LogP) is 4.15. The van der Waals surface area contributed by atoms with Crippen molar-refractivity contribution >= 4 is 27.3 Å². The second kappa shape index (κ2) is 9.96. The molecule has 0 spiro atoms. The van der Waals surface area contributed by atoms with Gasteiger partial charge in [-0.2, -0.15) is 18.3 Å². The highest BCUT2D eigenvalue weighted by atomic mass is 32.2. The Bertz CT molecular complexity index is 1310. The van der Waals surface area contributed by atoms with E-state index in [1.165, 1.54) is 43.3 Å². The molecule has 178 valence electrons. The lowest BCUT2D eigenvalue weighted by atomic mass is 10.1. The van der Waals surface area contributed by atoms with Crippen LogP contribution in [0, 0.1) is 0 Å². The molecule has 0 saturated heterocycles. The molecule has 0 heterocycles. The third kappa shape index (κ3) is 5.73. The number of alkyl halides is 3. The molecule has 2 N–H and O–H groups in total. The van der Waals surface area contributed by atoms with Crippen LogP contribution in [-0.2, 0) is 21.0 Å². The van der Waals surface area contributed by atoms with Crippen LogP contribution >= 0.6 is 0 Å². The van der Waals surface area contributed by atoms with E-state index in [0.29, 0.717) is 15.9 Å². The van der Waals surface area contributed by atoms with Crippen molar-refractivity contribution in [2.75, 3.05) is 10.8 Å². The molecule has 0 radical (unpaired) electrons. The number of para-hydroxylation sites is 1. The molecule has 0 aliphatic rings. The van der Waals surface area contributed by atoms with Crippen LogP contribution in [0.3, 0.4) is 0 Å². The Kier molecular flexibility index (Phi) is 7.26. The fourth-order valence-corrected chi connectivity index (χ4v) is 4.46. The maximum absolute atomic E-state index is 13.2. The van der Waals surface area contributed by atoms with E-state index < -0.39 is 34.2 Å². The zero-order valence-corrected chi connectivity index (χ0v) is 18.6. The largest absolute Gasteiger partial charge is 0.507 e. The van der Waals surface area contributed by atoms with E-state index in [1.807, 2.05) is 0 Å². The van der Waals surface area contributed by atoms with E-state index in [9.17, 15) is 31.5 Å². The van der Waals surface area contributed by atoms with Crippen LogP contribution in [0.2, 0.25) is 0 Å². The van der Waals surface area contributed by atoms with Gasteiger partial charge in [0.2, 0.25) is 0 Å². The number of halogens is 3. The summed E-state index contributed by atoms with van der Waals surface area (Å²) in [4.78, 5) is 12.4. The Hall–Kier alpha value is -3.86. The standard InChI is InChI=1S/C23H20F3N3O4S/c1-16(20-12-5-6-13-21(20)30)27-28-22(31)15-29(34(32,33)19-10-3-2-4-11-19)18-9-7-8-17(14-18)23(24,25)26/h2-14,30H,15H2,1H3,(H,28,31). The maximum Gasteiger partial charge on any atom is 0.416 e. The lowest BCUT2D eigenvalue weighted by Crippen LogP contribution is -2.39. The molecular weight excluding hydrogens is 471 g/mol. The van der Waals surface area contributed by atoms with Crippen LogP contribution in [-0.4, -0.2) is 31.7 Å². The van der Waals surface area contributed by atoms with E-state index in [4.69, 9.17) is 0 Å². The number of amides is 1. The number of hydrogen-bond donors (Lipinski definition) is 2. The Balaban J connectivity index is 1.94. The minimum atomic E-state index is -4.71. The summed E-state index contributed by atoms with van der Waals surface area (Å²) in [7, 11) is -4.39. The fourth-order valence-electron chi connectivity index (χ4n) is 3.02. The molecule has 0 fully saturated rings. The van der Waals surface area contributed by atoms with Gasteiger partial charge in [0.15, 0.2) is 0 Å². The summed E-state index contributed by atoms with van der Waals surface area (Å²) >= 11 is 0. The van der Waals surface area contributed by atoms with Crippen molar-refractivity contribution in [1.82, 2.24) is 5.43 Å². The highest BCUT2D eigenvalue weighted by Crippen LogP contribution is 2.33. The van der Waals surface area contributed by atoms with Gasteiger partial charge in [0.25, 0.3) is 15.9 Å². The van der Waals surface area contributed by atoms with Gasteiger partial charge in [0.05, 0.1) is 21.9 Å². The van der Waals surface area contributed by atoms with E-state index in [2.05, 4.69) is 10.5 Å². The molecule has 1 amide bonds. The molecule has 0 saturated carbocycles. The SMILES string of the molecule is CC(=NNC(=O)CN(c1cccc(C(F)(F)F)c1)S(=O)(=O)c1ccccc1)c1ccccc1O. The first-order valence-corrected chi connectivity index (χ1v) is 11.3. The molecule has 0 aromatic heterocycles. The molecule has 0 aliphatic carbocycles. The Morgan fingerprint density at radius 3 is 2.29 bits per heavy atom. The lowest BCUT2D eigenvalue weighted by molar-refractivity contribution is -0.137. The highest BCUT2D eigenvalue weighted by Gasteiger charge is 2.33. The Morgan fingerprint density at radius 1 is 1.00 bits per heavy atom. The summed E-state index contributed by atoms with van der Waals surface area (Å²) in [6.07, 6.45) is -4.71. The summed E-state index contributed by atoms with van der Waals surface area (Å²) in [5, 5.41) is 13.8. The third-order valence-corrected chi connectivity index (χ3v) is 6.51. The first-order valence-electron chi connectivity index (χ1n) is 9.86. The number of carbonyl (C=O) groups is 1. The van der Waals surface area contributed by atoms with Gasteiger partial charge in [-0.1, -0.05) is 36.4 Å². The third-order valence-electron chi connectivity index (χ3n) is 4.72. The molecule has 0 unspecified atom stereocenters. The van der Waals surface area contributed by atoms with Gasteiger partial charge in [-0.25, -0.2) is 13.8 Å². The van der Waals surface area contributed by atoms with Gasteiger partial charge in [0.1, 0.15) is 12.3 Å². The number of rotatable bonds is 7. The van der Waals surface area contributed by atoms with Crippen LogP contribution in [0.5, 0.6) is 5.75 Å². The first kappa shape index (κ1) is 24.8. The zero-order valence-electron chi connectivity index (χ0n) is 17.8. The summed E-state index contributed by atoms with van der Waals surface area (Å²) in [5.41, 5.74) is 1.37. The number of nitrogens with one attached hydrogen (secondary N) is 1. The van der Waals surface area contributed by atoms with Crippen LogP contribution in [0.15, 0.2) is 88.9 Å². The van der Waals surface area contributed by atoms with Crippen LogP contribution in [0.4, 0.5) is 18.9 Å². The second-order valence-corrected chi connectivity index (χ2v) is 8.98. The molecule has 0 bridgehead atoms. The maximum atomic E-state index is 13.2. The number of nitrogens with zero attached hydrogens (tertiary/aromatic N) is 2. The molecule has 3 aromatic carbocycles. The number of aromatic hydroxyl groups is 1. The topological polar surface area (TPSA) is 99.1 Å². The monoisotopic (exact) mass is 491 g/mol. The van der Waals surface area contributed by atoms with Crippen molar-refractivity contribution in [3.63, 3.8) is 0 Å². The summed E-state index contributed by atoms with van der Waals surface area (Å²) in [5.74, 6) is -0.970. The molecule has 34 heavy (non-hydrogen) atoms. The quantitative estimate of drug-likeness (QED) is 0.383. The number of benzene rings is 3. The van der Waals surface area contributed by atoms with Gasteiger partial charge in [-0.3, -0.25) is 9.10 Å². The zero-order chi connectivity index (χ0) is 24.9. The molecule has 3 aromatic rings. The number of phenols is 1. The number of sulfonamides is 1. The average Bonchev–Trinajstić information content (AvgIpc) is 2.81. The molecule has 0 atom stereocenters. The number of phenolic OH excluding ortho intramolecular Hbond substituents is 1. The minimum absolute atomic E-state index is 0.0738. The predicted molar refractivity (Wildman–Crippen MR) is 121 cm³/mol. The van der Waals surface area contributed by atoms with E-state index >= 15 is 0 Å². The Labute approximate surface area is 194 Å². The van der Waals surface area contributed by atoms with Crippen molar-refractivity contribution in [2.24, 2.45) is 5.10 Å². The van der Waals surface area contributed by atoms with Crippen molar-refractivity contribution < 1.29 is 31.5 Å². The van der Waals surface area contributed by atoms with Crippen LogP contribution in [0.25, 0.3) is 0 Å². The molecule has 0 aliphatic heterocycles. The Morgan fingerprint density at radius 2 is 1.65 bits per heavy atom. The first-order chi connectivity index (χ1) is 16.0. The molecule has 11 heteroatoms. The minimum Gasteiger partial charge on any atom is -0.507 e. The van der Waals surface area contributed by atoms with Gasteiger partial charge >= 0.3 is 6.18 Å². The van der Waals surface area contributed by atoms with E-state index in [1.54, 1.807) is 24.3 Å². The smallest absolute Gasteiger partial charge is 0.416 e. The van der Waals surface area contributed by atoms with E-state index in [0.717, 1.165) is 12.1 Å². The van der Waals surface area contributed by atoms with Crippen molar-refractivity contribution in [3.8, 4) is 5.75 Å². The molecule has 7 nitrogen and oxygen atoms in total. The van der Waals surface area contributed by atoms with Gasteiger partial charge in [0, 0.05) is 5.56 Å². The fraction of sp³-hybridized carbons (Fsp3) is 0.130. The normalized spacial score (nSPS) is 12.3. The summed E-state index contributed by atoms with van der Waals surface area (Å²) in [6.45, 7) is 0.677. The summed E-state index contributed by atoms with van der Waals surface area (Å²) in [6, 6.07) is 17.0. The van der Waals surface area contributed by atoms with Gasteiger partial charge in [-0.15, -0.1) is 0 Å². The van der Waals surface area contributed by atoms with E-state index in [-0.39, 0.29) is 22.0 Å². The van der Waals surface area contributed by atoms with Crippen molar-refractivity contribution in [2.45, 2.75) is 18.0 Å². The van der Waals surface area contributed by atoms with Crippen molar-refractivity contribution in [3.05, 3.63) is 90.0 Å². The molecule has 3 rings (SSSR count). The van der Waals surface area contributed by atoms with Gasteiger partial charge in [-0.05, 0) is 49.4 Å². The number of hydrogen-bond acceptors (Lipinski definition) is 5. The highest BCUT2D eigenvalue weighted by molar-refractivity contribution is 7.92. The van der Waals surface area contributed by atoms with Crippen molar-refractivity contribution in [1.29, 1.82) is 0 Å². The summed E-state index contributed by atoms with van der Waals surface area (Å²) < 4.78 is 66.7. The number of anilines is 1.